The molecule has 0 aromatic heterocycles. The second-order valence-corrected chi connectivity index (χ2v) is 6.02. The molecule has 0 aliphatic carbocycles. The van der Waals surface area contributed by atoms with E-state index in [0.29, 0.717) is 6.61 Å². The molecule has 1 N–H and O–H groups in total. The summed E-state index contributed by atoms with van der Waals surface area (Å²) in [4.78, 5) is 0. The average Bonchev–Trinajstić information content (AvgIpc) is 2.63. The number of rotatable bonds is 7. The number of benzene rings is 3. The van der Waals surface area contributed by atoms with Crippen LogP contribution in [0.2, 0.25) is 5.02 Å². The van der Waals surface area contributed by atoms with E-state index in [1.54, 1.807) is 0 Å². The second kappa shape index (κ2) is 8.42. The lowest BCUT2D eigenvalue weighted by atomic mass is 10.2. The standard InChI is InChI=1S/C21H20ClNO/c22-19-8-10-20(11-9-19)23-16-18-6-12-21(13-7-18)24-15-14-17-4-2-1-3-5-17/h1-13,23H,14-16H2. The highest BCUT2D eigenvalue weighted by Gasteiger charge is 1.98. The molecule has 0 heterocycles. The van der Waals surface area contributed by atoms with Crippen molar-refractivity contribution in [1.82, 2.24) is 0 Å². The van der Waals surface area contributed by atoms with Gasteiger partial charge in [0.25, 0.3) is 0 Å². The maximum atomic E-state index is 5.89. The van der Waals surface area contributed by atoms with Gasteiger partial charge in [-0.15, -0.1) is 0 Å². The number of hydrogen-bond donors (Lipinski definition) is 1. The van der Waals surface area contributed by atoms with Crippen LogP contribution in [0.25, 0.3) is 0 Å². The van der Waals surface area contributed by atoms with Crippen molar-refractivity contribution in [3.63, 3.8) is 0 Å². The van der Waals surface area contributed by atoms with Crippen LogP contribution in [-0.2, 0) is 13.0 Å². The molecule has 2 nitrogen and oxygen atoms in total. The van der Waals surface area contributed by atoms with Crippen molar-refractivity contribution < 1.29 is 4.74 Å². The summed E-state index contributed by atoms with van der Waals surface area (Å²) in [7, 11) is 0. The zero-order chi connectivity index (χ0) is 16.6. The minimum Gasteiger partial charge on any atom is -0.493 e. The fourth-order valence-corrected chi connectivity index (χ4v) is 2.53. The van der Waals surface area contributed by atoms with Crippen LogP contribution in [0.5, 0.6) is 5.75 Å². The smallest absolute Gasteiger partial charge is 0.119 e. The Labute approximate surface area is 148 Å². The topological polar surface area (TPSA) is 21.3 Å². The first-order valence-electron chi connectivity index (χ1n) is 8.05. The van der Waals surface area contributed by atoms with Crippen LogP contribution in [-0.4, -0.2) is 6.61 Å². The van der Waals surface area contributed by atoms with E-state index in [2.05, 4.69) is 41.7 Å². The lowest BCUT2D eigenvalue weighted by Crippen LogP contribution is -2.02. The van der Waals surface area contributed by atoms with Crippen LogP contribution in [0, 0.1) is 0 Å². The van der Waals surface area contributed by atoms with Gasteiger partial charge in [0.1, 0.15) is 5.75 Å². The maximum Gasteiger partial charge on any atom is 0.119 e. The summed E-state index contributed by atoms with van der Waals surface area (Å²) in [5.74, 6) is 0.904. The summed E-state index contributed by atoms with van der Waals surface area (Å²) in [5, 5.41) is 4.12. The predicted octanol–water partition coefficient (Wildman–Crippen LogP) is 5.57. The quantitative estimate of drug-likeness (QED) is 0.608. The van der Waals surface area contributed by atoms with Crippen LogP contribution in [0.1, 0.15) is 11.1 Å². The Balaban J connectivity index is 1.45. The molecule has 3 rings (SSSR count). The molecular formula is C21H20ClNO. The van der Waals surface area contributed by atoms with Crippen LogP contribution in [0.15, 0.2) is 78.9 Å². The van der Waals surface area contributed by atoms with Crippen LogP contribution in [0.4, 0.5) is 5.69 Å². The van der Waals surface area contributed by atoms with E-state index < -0.39 is 0 Å². The molecule has 0 radical (unpaired) electrons. The first kappa shape index (κ1) is 16.4. The van der Waals surface area contributed by atoms with Gasteiger partial charge in [0.05, 0.1) is 6.61 Å². The Kier molecular flexibility index (Phi) is 5.75. The van der Waals surface area contributed by atoms with Crippen molar-refractivity contribution in [2.75, 3.05) is 11.9 Å². The highest BCUT2D eigenvalue weighted by molar-refractivity contribution is 6.30. The highest BCUT2D eigenvalue weighted by Crippen LogP contribution is 2.16. The van der Waals surface area contributed by atoms with Crippen molar-refractivity contribution in [2.24, 2.45) is 0 Å². The summed E-state index contributed by atoms with van der Waals surface area (Å²) in [6.45, 7) is 1.46. The van der Waals surface area contributed by atoms with E-state index in [9.17, 15) is 0 Å². The zero-order valence-corrected chi connectivity index (χ0v) is 14.2. The Bertz CT molecular complexity index is 739. The van der Waals surface area contributed by atoms with Gasteiger partial charge in [-0.1, -0.05) is 54.1 Å². The van der Waals surface area contributed by atoms with Crippen molar-refractivity contribution in [3.05, 3.63) is 95.0 Å². The normalized spacial score (nSPS) is 10.4. The summed E-state index contributed by atoms with van der Waals surface area (Å²) in [5.41, 5.74) is 3.56. The third-order valence-corrected chi connectivity index (χ3v) is 4.02. The second-order valence-electron chi connectivity index (χ2n) is 5.59. The minimum absolute atomic E-state index is 0.687. The Morgan fingerprint density at radius 3 is 2.17 bits per heavy atom. The van der Waals surface area contributed by atoms with Crippen molar-refractivity contribution in [3.8, 4) is 5.75 Å². The Hall–Kier alpha value is -2.45. The van der Waals surface area contributed by atoms with Crippen molar-refractivity contribution in [1.29, 1.82) is 0 Å². The van der Waals surface area contributed by atoms with Crippen LogP contribution < -0.4 is 10.1 Å². The molecule has 0 saturated carbocycles. The summed E-state index contributed by atoms with van der Waals surface area (Å²) in [6, 6.07) is 26.3. The fraction of sp³-hybridized carbons (Fsp3) is 0.143. The molecule has 0 bridgehead atoms. The third kappa shape index (κ3) is 5.04. The molecule has 122 valence electrons. The number of anilines is 1. The highest BCUT2D eigenvalue weighted by atomic mass is 35.5. The Morgan fingerprint density at radius 2 is 1.46 bits per heavy atom. The molecule has 0 spiro atoms. The minimum atomic E-state index is 0.687. The number of hydrogen-bond acceptors (Lipinski definition) is 2. The fourth-order valence-electron chi connectivity index (χ4n) is 2.41. The molecule has 0 saturated heterocycles. The SMILES string of the molecule is Clc1ccc(NCc2ccc(OCCc3ccccc3)cc2)cc1. The van der Waals surface area contributed by atoms with E-state index >= 15 is 0 Å². The van der Waals surface area contributed by atoms with Gasteiger partial charge in [0.15, 0.2) is 0 Å². The monoisotopic (exact) mass is 337 g/mol. The lowest BCUT2D eigenvalue weighted by Gasteiger charge is -2.09. The van der Waals surface area contributed by atoms with Gasteiger partial charge in [0.2, 0.25) is 0 Å². The summed E-state index contributed by atoms with van der Waals surface area (Å²) >= 11 is 5.89. The van der Waals surface area contributed by atoms with Gasteiger partial charge in [-0.2, -0.15) is 0 Å². The van der Waals surface area contributed by atoms with Gasteiger partial charge in [-0.3, -0.25) is 0 Å². The van der Waals surface area contributed by atoms with E-state index in [4.69, 9.17) is 16.3 Å². The molecule has 3 aromatic carbocycles. The Morgan fingerprint density at radius 1 is 0.750 bits per heavy atom. The molecule has 0 aliphatic heterocycles. The van der Waals surface area contributed by atoms with Gasteiger partial charge in [0, 0.05) is 23.7 Å². The van der Waals surface area contributed by atoms with E-state index in [1.807, 2.05) is 42.5 Å². The van der Waals surface area contributed by atoms with Gasteiger partial charge < -0.3 is 10.1 Å². The third-order valence-electron chi connectivity index (χ3n) is 3.77. The van der Waals surface area contributed by atoms with E-state index in [1.165, 1.54) is 11.1 Å². The maximum absolute atomic E-state index is 5.89. The first-order valence-corrected chi connectivity index (χ1v) is 8.42. The van der Waals surface area contributed by atoms with Crippen LogP contribution in [0.3, 0.4) is 0 Å². The molecule has 3 aromatic rings. The number of nitrogens with one attached hydrogen (secondary N) is 1. The zero-order valence-electron chi connectivity index (χ0n) is 13.4. The van der Waals surface area contributed by atoms with Crippen LogP contribution >= 0.6 is 11.6 Å². The molecule has 0 amide bonds. The van der Waals surface area contributed by atoms with Crippen molar-refractivity contribution in [2.45, 2.75) is 13.0 Å². The van der Waals surface area contributed by atoms with E-state index in [0.717, 1.165) is 29.4 Å². The summed E-state index contributed by atoms with van der Waals surface area (Å²) in [6.07, 6.45) is 0.917. The van der Waals surface area contributed by atoms with Gasteiger partial charge >= 0.3 is 0 Å². The molecule has 0 aliphatic rings. The molecule has 24 heavy (non-hydrogen) atoms. The number of halogens is 1. The van der Waals surface area contributed by atoms with Gasteiger partial charge in [-0.05, 0) is 47.5 Å². The lowest BCUT2D eigenvalue weighted by molar-refractivity contribution is 0.322. The van der Waals surface area contributed by atoms with Gasteiger partial charge in [-0.25, -0.2) is 0 Å². The molecule has 3 heteroatoms. The predicted molar refractivity (Wildman–Crippen MR) is 101 cm³/mol. The molecule has 0 atom stereocenters. The molecule has 0 unspecified atom stereocenters. The number of ether oxygens (including phenoxy) is 1. The van der Waals surface area contributed by atoms with Crippen molar-refractivity contribution >= 4 is 17.3 Å². The molecular weight excluding hydrogens is 318 g/mol. The largest absolute Gasteiger partial charge is 0.493 e. The van der Waals surface area contributed by atoms with E-state index in [-0.39, 0.29) is 0 Å². The average molecular weight is 338 g/mol. The summed E-state index contributed by atoms with van der Waals surface area (Å²) < 4.78 is 5.81. The first-order chi connectivity index (χ1) is 11.8. The molecule has 0 fully saturated rings.